The maximum atomic E-state index is 11.3. The quantitative estimate of drug-likeness (QED) is 0.315. The smallest absolute Gasteiger partial charge is 0.261 e. The lowest BCUT2D eigenvalue weighted by Crippen LogP contribution is -2.15. The Kier molecular flexibility index (Phi) is 6.29. The van der Waals surface area contributed by atoms with Gasteiger partial charge in [0.1, 0.15) is 0 Å². The minimum absolute atomic E-state index is 0.108. The second-order valence-electron chi connectivity index (χ2n) is 5.00. The number of carbonyl (C=O) groups is 2. The maximum Gasteiger partial charge on any atom is 0.371 e. The molecule has 0 aliphatic carbocycles. The van der Waals surface area contributed by atoms with E-state index in [4.69, 9.17) is 0 Å². The first kappa shape index (κ1) is 16.3. The summed E-state index contributed by atoms with van der Waals surface area (Å²) in [5.41, 5.74) is 0.225. The molecule has 0 aliphatic rings. The Bertz CT molecular complexity index is 350. The van der Waals surface area contributed by atoms with Gasteiger partial charge in [0.15, 0.2) is 0 Å². The van der Waals surface area contributed by atoms with Gasteiger partial charge in [0.05, 0.1) is 0 Å². The third-order valence-electron chi connectivity index (χ3n) is 1.63. The van der Waals surface area contributed by atoms with Crippen molar-refractivity contribution in [3.63, 3.8) is 0 Å². The molecular formula is C12H18O6. The van der Waals surface area contributed by atoms with Crippen molar-refractivity contribution in [2.45, 2.75) is 34.1 Å². The average molecular weight is 258 g/mol. The molecule has 6 nitrogen and oxygen atoms in total. The van der Waals surface area contributed by atoms with E-state index >= 15 is 0 Å². The predicted octanol–water partition coefficient (Wildman–Crippen LogP) is 2.42. The molecule has 0 aliphatic heterocycles. The van der Waals surface area contributed by atoms with E-state index in [0.29, 0.717) is 6.42 Å². The topological polar surface area (TPSA) is 71.1 Å². The van der Waals surface area contributed by atoms with Crippen LogP contribution in [0.5, 0.6) is 0 Å². The van der Waals surface area contributed by atoms with Crippen LogP contribution in [0.2, 0.25) is 0 Å². The van der Waals surface area contributed by atoms with Crippen molar-refractivity contribution in [3.05, 3.63) is 24.3 Å². The van der Waals surface area contributed by atoms with Crippen LogP contribution in [0.15, 0.2) is 24.3 Å². The molecule has 0 aromatic rings. The van der Waals surface area contributed by atoms with Crippen molar-refractivity contribution in [2.75, 3.05) is 0 Å². The van der Waals surface area contributed by atoms with Crippen LogP contribution in [-0.2, 0) is 29.4 Å². The summed E-state index contributed by atoms with van der Waals surface area (Å²) < 4.78 is 0. The Morgan fingerprint density at radius 3 is 1.83 bits per heavy atom. The Morgan fingerprint density at radius 1 is 1.00 bits per heavy atom. The van der Waals surface area contributed by atoms with Gasteiger partial charge in [0.25, 0.3) is 0 Å². The molecular weight excluding hydrogens is 240 g/mol. The molecule has 0 fully saturated rings. The van der Waals surface area contributed by atoms with Gasteiger partial charge in [0, 0.05) is 21.2 Å². The summed E-state index contributed by atoms with van der Waals surface area (Å²) in [5.74, 6) is -1.63. The van der Waals surface area contributed by atoms with Crippen molar-refractivity contribution >= 4 is 11.9 Å². The van der Waals surface area contributed by atoms with Gasteiger partial charge in [-0.05, 0) is 18.8 Å². The van der Waals surface area contributed by atoms with E-state index in [1.165, 1.54) is 6.92 Å². The van der Waals surface area contributed by atoms with Crippen molar-refractivity contribution in [1.82, 2.24) is 0 Å². The molecule has 0 N–H and O–H groups in total. The van der Waals surface area contributed by atoms with Crippen LogP contribution >= 0.6 is 0 Å². The minimum atomic E-state index is -0.834. The minimum Gasteiger partial charge on any atom is -0.261 e. The van der Waals surface area contributed by atoms with E-state index in [2.05, 4.69) is 33.0 Å². The summed E-state index contributed by atoms with van der Waals surface area (Å²) >= 11 is 0. The van der Waals surface area contributed by atoms with Gasteiger partial charge in [-0.1, -0.05) is 33.9 Å². The van der Waals surface area contributed by atoms with Crippen LogP contribution in [0, 0.1) is 5.41 Å². The molecule has 6 heteroatoms. The fourth-order valence-electron chi connectivity index (χ4n) is 0.932. The molecule has 0 saturated heterocycles. The third-order valence-corrected chi connectivity index (χ3v) is 1.63. The molecule has 0 radical (unpaired) electrons. The van der Waals surface area contributed by atoms with E-state index in [-0.39, 0.29) is 16.6 Å². The van der Waals surface area contributed by atoms with Gasteiger partial charge in [-0.3, -0.25) is 9.78 Å². The molecule has 0 saturated carbocycles. The highest BCUT2D eigenvalue weighted by atomic mass is 17.7. The lowest BCUT2D eigenvalue weighted by molar-refractivity contribution is -0.598. The first-order valence-electron chi connectivity index (χ1n) is 5.23. The normalized spacial score (nSPS) is 10.7. The second-order valence-corrected chi connectivity index (χ2v) is 5.00. The van der Waals surface area contributed by atoms with Crippen molar-refractivity contribution in [1.29, 1.82) is 0 Å². The van der Waals surface area contributed by atoms with Gasteiger partial charge in [-0.2, -0.15) is 0 Å². The first-order chi connectivity index (χ1) is 8.13. The summed E-state index contributed by atoms with van der Waals surface area (Å²) in [6, 6.07) is 0. The third kappa shape index (κ3) is 7.59. The van der Waals surface area contributed by atoms with Crippen molar-refractivity contribution < 1.29 is 29.4 Å². The molecule has 0 rings (SSSR count). The molecule has 102 valence electrons. The SMILES string of the molecule is C=C(C)C(=O)OOOOC(=O)C(=C)CC(C)(C)C. The molecule has 0 amide bonds. The monoisotopic (exact) mass is 258 g/mol. The zero-order valence-electron chi connectivity index (χ0n) is 11.1. The van der Waals surface area contributed by atoms with Crippen LogP contribution < -0.4 is 0 Å². The van der Waals surface area contributed by atoms with Gasteiger partial charge in [0.2, 0.25) is 0 Å². The maximum absolute atomic E-state index is 11.3. The molecule has 0 spiro atoms. The zero-order chi connectivity index (χ0) is 14.3. The van der Waals surface area contributed by atoms with Crippen LogP contribution in [0.1, 0.15) is 34.1 Å². The fourth-order valence-corrected chi connectivity index (χ4v) is 0.932. The van der Waals surface area contributed by atoms with E-state index < -0.39 is 11.9 Å². The molecule has 18 heavy (non-hydrogen) atoms. The van der Waals surface area contributed by atoms with Crippen LogP contribution in [0.3, 0.4) is 0 Å². The number of rotatable bonds is 6. The lowest BCUT2D eigenvalue weighted by Gasteiger charge is -2.17. The Labute approximate surface area is 106 Å². The lowest BCUT2D eigenvalue weighted by atomic mass is 9.88. The van der Waals surface area contributed by atoms with Crippen LogP contribution in [0.25, 0.3) is 0 Å². The zero-order valence-corrected chi connectivity index (χ0v) is 11.1. The van der Waals surface area contributed by atoms with Crippen molar-refractivity contribution in [2.24, 2.45) is 5.41 Å². The van der Waals surface area contributed by atoms with Gasteiger partial charge >= 0.3 is 11.9 Å². The second kappa shape index (κ2) is 6.93. The fraction of sp³-hybridized carbons (Fsp3) is 0.500. The van der Waals surface area contributed by atoms with E-state index in [1.54, 1.807) is 0 Å². The number of hydrogen-bond donors (Lipinski definition) is 0. The molecule has 0 aromatic heterocycles. The summed E-state index contributed by atoms with van der Waals surface area (Å²) in [6.45, 7) is 14.1. The largest absolute Gasteiger partial charge is 0.371 e. The highest BCUT2D eigenvalue weighted by Crippen LogP contribution is 2.23. The Hall–Kier alpha value is -1.66. The predicted molar refractivity (Wildman–Crippen MR) is 62.4 cm³/mol. The van der Waals surface area contributed by atoms with Crippen LogP contribution in [-0.4, -0.2) is 11.9 Å². The Morgan fingerprint density at radius 2 is 1.44 bits per heavy atom. The van der Waals surface area contributed by atoms with Gasteiger partial charge < -0.3 is 0 Å². The Balaban J connectivity index is 3.88. The van der Waals surface area contributed by atoms with Gasteiger partial charge in [-0.25, -0.2) is 9.59 Å². The van der Waals surface area contributed by atoms with Crippen LogP contribution in [0.4, 0.5) is 0 Å². The molecule has 0 atom stereocenters. The number of carbonyl (C=O) groups excluding carboxylic acids is 2. The highest BCUT2D eigenvalue weighted by Gasteiger charge is 2.19. The molecule has 0 unspecified atom stereocenters. The molecule has 0 aromatic carbocycles. The molecule has 0 bridgehead atoms. The molecule has 0 heterocycles. The summed E-state index contributed by atoms with van der Waals surface area (Å²) in [6.07, 6.45) is 0.431. The summed E-state index contributed by atoms with van der Waals surface area (Å²) in [5, 5.41) is 7.87. The average Bonchev–Trinajstić information content (AvgIpc) is 2.20. The van der Waals surface area contributed by atoms with Crippen molar-refractivity contribution in [3.8, 4) is 0 Å². The first-order valence-corrected chi connectivity index (χ1v) is 5.23. The summed E-state index contributed by atoms with van der Waals surface area (Å²) in [7, 11) is 0. The van der Waals surface area contributed by atoms with E-state index in [0.717, 1.165) is 0 Å². The van der Waals surface area contributed by atoms with E-state index in [1.807, 2.05) is 20.8 Å². The number of hydrogen-bond acceptors (Lipinski definition) is 6. The van der Waals surface area contributed by atoms with E-state index in [9.17, 15) is 9.59 Å². The highest BCUT2D eigenvalue weighted by molar-refractivity contribution is 5.87. The summed E-state index contributed by atoms with van der Waals surface area (Å²) in [4.78, 5) is 30.4. The van der Waals surface area contributed by atoms with Gasteiger partial charge in [-0.15, -0.1) is 0 Å². The standard InChI is InChI=1S/C12H18O6/c1-8(2)10(13)15-17-18-16-11(14)9(3)7-12(4,5)6/h1,3,7H2,2,4-6H3.